The minimum absolute atomic E-state index is 0.516. The first kappa shape index (κ1) is 19.4. The number of anilines is 1. The highest BCUT2D eigenvalue weighted by atomic mass is 16.1. The van der Waals surface area contributed by atoms with Gasteiger partial charge in [-0.3, -0.25) is 9.69 Å². The summed E-state index contributed by atoms with van der Waals surface area (Å²) in [5.41, 5.74) is 3.81. The number of aromatic nitrogens is 5. The van der Waals surface area contributed by atoms with Crippen LogP contribution in [0.2, 0.25) is 0 Å². The van der Waals surface area contributed by atoms with Crippen molar-refractivity contribution in [1.82, 2.24) is 29.9 Å². The molecule has 152 valence electrons. The lowest BCUT2D eigenvalue weighted by Gasteiger charge is -2.34. The molecular formula is C21H27N7O. The summed E-state index contributed by atoms with van der Waals surface area (Å²) in [5.74, 6) is 1.39. The normalized spacial score (nSPS) is 15.3. The van der Waals surface area contributed by atoms with Crippen LogP contribution in [0.3, 0.4) is 0 Å². The average molecular weight is 393 g/mol. The number of carbonyl (C=O) groups is 1. The lowest BCUT2D eigenvalue weighted by atomic mass is 9.96. The van der Waals surface area contributed by atoms with Crippen molar-refractivity contribution in [2.45, 2.75) is 26.3 Å². The second kappa shape index (κ2) is 8.65. The largest absolute Gasteiger partial charge is 0.341 e. The summed E-state index contributed by atoms with van der Waals surface area (Å²) in [4.78, 5) is 24.1. The van der Waals surface area contributed by atoms with Crippen molar-refractivity contribution in [3.05, 3.63) is 41.7 Å². The van der Waals surface area contributed by atoms with Gasteiger partial charge in [0.15, 0.2) is 6.29 Å². The maximum absolute atomic E-state index is 10.8. The maximum Gasteiger partial charge on any atom is 0.225 e. The number of hydrogen-bond acceptors (Lipinski definition) is 7. The van der Waals surface area contributed by atoms with Gasteiger partial charge in [0.2, 0.25) is 5.95 Å². The Labute approximate surface area is 170 Å². The van der Waals surface area contributed by atoms with Gasteiger partial charge in [0.1, 0.15) is 5.52 Å². The predicted octanol–water partition coefficient (Wildman–Crippen LogP) is 2.31. The van der Waals surface area contributed by atoms with Gasteiger partial charge in [-0.05, 0) is 43.0 Å². The van der Waals surface area contributed by atoms with Crippen LogP contribution >= 0.6 is 0 Å². The number of rotatable bonds is 7. The monoisotopic (exact) mass is 393 g/mol. The quantitative estimate of drug-likeness (QED) is 0.570. The van der Waals surface area contributed by atoms with E-state index < -0.39 is 0 Å². The fourth-order valence-corrected chi connectivity index (χ4v) is 3.98. The molecule has 0 aliphatic carbocycles. The van der Waals surface area contributed by atoms with Gasteiger partial charge in [0, 0.05) is 45.6 Å². The van der Waals surface area contributed by atoms with E-state index in [9.17, 15) is 4.79 Å². The Bertz CT molecular complexity index is 961. The van der Waals surface area contributed by atoms with Crippen molar-refractivity contribution in [3.63, 3.8) is 0 Å². The predicted molar refractivity (Wildman–Crippen MR) is 112 cm³/mol. The van der Waals surface area contributed by atoms with Gasteiger partial charge in [0.25, 0.3) is 0 Å². The molecule has 4 rings (SSSR count). The summed E-state index contributed by atoms with van der Waals surface area (Å²) in [5, 5.41) is 8.33. The minimum atomic E-state index is 0.516. The zero-order chi connectivity index (χ0) is 20.2. The van der Waals surface area contributed by atoms with Gasteiger partial charge >= 0.3 is 0 Å². The fraction of sp³-hybridized carbons (Fsp3) is 0.476. The lowest BCUT2D eigenvalue weighted by molar-refractivity contribution is 0.112. The molecule has 0 unspecified atom stereocenters. The highest BCUT2D eigenvalue weighted by molar-refractivity contribution is 5.75. The van der Waals surface area contributed by atoms with Crippen LogP contribution in [0.4, 0.5) is 5.95 Å². The SMILES string of the molecule is CCN(Cc1ccc2c(c1)nnn2C)CC1CCN(c2ncc(C=O)cn2)CC1. The zero-order valence-corrected chi connectivity index (χ0v) is 17.0. The molecule has 0 saturated carbocycles. The van der Waals surface area contributed by atoms with Crippen molar-refractivity contribution in [2.75, 3.05) is 31.1 Å². The molecule has 1 fully saturated rings. The first-order valence-corrected chi connectivity index (χ1v) is 10.2. The zero-order valence-electron chi connectivity index (χ0n) is 17.0. The van der Waals surface area contributed by atoms with E-state index in [1.165, 1.54) is 5.56 Å². The molecule has 3 heterocycles. The standard InChI is InChI=1S/C21H27N7O/c1-3-27(14-17-4-5-20-19(10-17)24-25-26(20)2)13-16-6-8-28(9-7-16)21-22-11-18(15-29)12-23-21/h4-5,10-12,15-16H,3,6-9,13-14H2,1-2H3. The van der Waals surface area contributed by atoms with Crippen molar-refractivity contribution in [1.29, 1.82) is 0 Å². The highest BCUT2D eigenvalue weighted by Gasteiger charge is 2.22. The van der Waals surface area contributed by atoms with E-state index in [4.69, 9.17) is 0 Å². The van der Waals surface area contributed by atoms with E-state index in [1.54, 1.807) is 17.1 Å². The number of fused-ring (bicyclic) bond motifs is 1. The third-order valence-electron chi connectivity index (χ3n) is 5.74. The molecule has 1 aromatic carbocycles. The molecule has 0 N–H and O–H groups in total. The minimum Gasteiger partial charge on any atom is -0.341 e. The summed E-state index contributed by atoms with van der Waals surface area (Å²) in [6.45, 7) is 7.17. The Morgan fingerprint density at radius 3 is 2.66 bits per heavy atom. The third-order valence-corrected chi connectivity index (χ3v) is 5.74. The maximum atomic E-state index is 10.8. The van der Waals surface area contributed by atoms with Crippen molar-refractivity contribution < 1.29 is 4.79 Å². The molecule has 8 heteroatoms. The van der Waals surface area contributed by atoms with Gasteiger partial charge in [-0.2, -0.15) is 0 Å². The Kier molecular flexibility index (Phi) is 5.80. The fourth-order valence-electron chi connectivity index (χ4n) is 3.98. The number of aldehydes is 1. The molecule has 3 aromatic rings. The van der Waals surface area contributed by atoms with Crippen LogP contribution in [0.25, 0.3) is 11.0 Å². The number of benzene rings is 1. The van der Waals surface area contributed by atoms with Crippen LogP contribution in [0.15, 0.2) is 30.6 Å². The molecule has 1 aliphatic heterocycles. The molecule has 1 saturated heterocycles. The smallest absolute Gasteiger partial charge is 0.225 e. The average Bonchev–Trinajstić information content (AvgIpc) is 3.14. The Hall–Kier alpha value is -2.87. The molecule has 29 heavy (non-hydrogen) atoms. The van der Waals surface area contributed by atoms with Crippen molar-refractivity contribution in [2.24, 2.45) is 13.0 Å². The lowest BCUT2D eigenvalue weighted by Crippen LogP contribution is -2.39. The van der Waals surface area contributed by atoms with Gasteiger partial charge in [-0.25, -0.2) is 14.6 Å². The topological polar surface area (TPSA) is 80.0 Å². The highest BCUT2D eigenvalue weighted by Crippen LogP contribution is 2.22. The van der Waals surface area contributed by atoms with E-state index in [0.29, 0.717) is 11.5 Å². The van der Waals surface area contributed by atoms with E-state index in [-0.39, 0.29) is 0 Å². The summed E-state index contributed by atoms with van der Waals surface area (Å²) in [6, 6.07) is 6.43. The molecule has 0 radical (unpaired) electrons. The first-order valence-electron chi connectivity index (χ1n) is 10.2. The van der Waals surface area contributed by atoms with Gasteiger partial charge < -0.3 is 4.90 Å². The number of hydrogen-bond donors (Lipinski definition) is 0. The number of piperidine rings is 1. The molecule has 0 atom stereocenters. The van der Waals surface area contributed by atoms with Crippen molar-refractivity contribution in [3.8, 4) is 0 Å². The van der Waals surface area contributed by atoms with Crippen LogP contribution in [0.5, 0.6) is 0 Å². The Morgan fingerprint density at radius 1 is 1.21 bits per heavy atom. The second-order valence-corrected chi connectivity index (χ2v) is 7.73. The molecular weight excluding hydrogens is 366 g/mol. The molecule has 0 spiro atoms. The van der Waals surface area contributed by atoms with Crippen LogP contribution in [-0.2, 0) is 13.6 Å². The Morgan fingerprint density at radius 2 is 1.97 bits per heavy atom. The van der Waals surface area contributed by atoms with E-state index in [1.807, 2.05) is 7.05 Å². The van der Waals surface area contributed by atoms with Crippen LogP contribution < -0.4 is 4.90 Å². The third kappa shape index (κ3) is 4.42. The summed E-state index contributed by atoms with van der Waals surface area (Å²) in [7, 11) is 1.92. The summed E-state index contributed by atoms with van der Waals surface area (Å²) in [6.07, 6.45) is 6.21. The molecule has 1 aliphatic rings. The van der Waals surface area contributed by atoms with Crippen LogP contribution in [0, 0.1) is 5.92 Å². The number of carbonyl (C=O) groups excluding carboxylic acids is 1. The second-order valence-electron chi connectivity index (χ2n) is 7.73. The Balaban J connectivity index is 1.32. The summed E-state index contributed by atoms with van der Waals surface area (Å²) >= 11 is 0. The van der Waals surface area contributed by atoms with Gasteiger partial charge in [-0.15, -0.1) is 5.10 Å². The van der Waals surface area contributed by atoms with Crippen molar-refractivity contribution >= 4 is 23.3 Å². The molecule has 2 aromatic heterocycles. The molecule has 0 amide bonds. The first-order chi connectivity index (χ1) is 14.2. The van der Waals surface area contributed by atoms with Crippen LogP contribution in [-0.4, -0.2) is 62.3 Å². The van der Waals surface area contributed by atoms with Crippen LogP contribution in [0.1, 0.15) is 35.7 Å². The van der Waals surface area contributed by atoms with E-state index in [0.717, 1.165) is 68.8 Å². The molecule has 0 bridgehead atoms. The molecule has 8 nitrogen and oxygen atoms in total. The summed E-state index contributed by atoms with van der Waals surface area (Å²) < 4.78 is 1.81. The van der Waals surface area contributed by atoms with Gasteiger partial charge in [0.05, 0.1) is 11.1 Å². The van der Waals surface area contributed by atoms with E-state index >= 15 is 0 Å². The van der Waals surface area contributed by atoms with E-state index in [2.05, 4.69) is 55.2 Å². The number of nitrogens with zero attached hydrogens (tertiary/aromatic N) is 7. The number of aryl methyl sites for hydroxylation is 1. The van der Waals surface area contributed by atoms with Gasteiger partial charge in [-0.1, -0.05) is 18.2 Å².